The summed E-state index contributed by atoms with van der Waals surface area (Å²) in [5.74, 6) is -0.516. The maximum absolute atomic E-state index is 12.7. The van der Waals surface area contributed by atoms with Crippen LogP contribution >= 0.6 is 0 Å². The van der Waals surface area contributed by atoms with Crippen molar-refractivity contribution in [2.24, 2.45) is 17.3 Å². The second-order valence-corrected chi connectivity index (χ2v) is 6.95. The first-order valence-electron chi connectivity index (χ1n) is 7.75. The first kappa shape index (κ1) is 16.1. The largest absolute Gasteiger partial charge is 0.396 e. The second kappa shape index (κ2) is 6.22. The maximum atomic E-state index is 12.7. The number of hydrogen-bond donors (Lipinski definition) is 1. The summed E-state index contributed by atoms with van der Waals surface area (Å²) in [6, 6.07) is 0. The third-order valence-electron chi connectivity index (χ3n) is 5.13. The van der Waals surface area contributed by atoms with E-state index in [1.807, 2.05) is 0 Å². The Morgan fingerprint density at radius 3 is 2.35 bits per heavy atom. The van der Waals surface area contributed by atoms with E-state index in [0.29, 0.717) is 19.0 Å². The quantitative estimate of drug-likeness (QED) is 0.861. The van der Waals surface area contributed by atoms with Crippen molar-refractivity contribution in [2.75, 3.05) is 26.2 Å². The number of halogens is 3. The average Bonchev–Trinajstić information content (AvgIpc) is 2.38. The molecule has 2 atom stereocenters. The molecule has 20 heavy (non-hydrogen) atoms. The molecule has 0 aromatic carbocycles. The fraction of sp³-hybridized carbons (Fsp3) is 1.00. The molecule has 0 radical (unpaired) electrons. The van der Waals surface area contributed by atoms with Crippen molar-refractivity contribution in [3.05, 3.63) is 0 Å². The SMILES string of the molecule is CC1CCCC(CO)(CN2CCC(C(F)(F)F)CC2)C1. The van der Waals surface area contributed by atoms with Gasteiger partial charge in [-0.25, -0.2) is 0 Å². The van der Waals surface area contributed by atoms with Crippen molar-refractivity contribution < 1.29 is 18.3 Å². The lowest BCUT2D eigenvalue weighted by molar-refractivity contribution is -0.186. The fourth-order valence-electron chi connectivity index (χ4n) is 4.00. The summed E-state index contributed by atoms with van der Waals surface area (Å²) in [6.07, 6.45) is 0.718. The van der Waals surface area contributed by atoms with Crippen molar-refractivity contribution in [1.82, 2.24) is 4.90 Å². The van der Waals surface area contributed by atoms with Gasteiger partial charge in [0.25, 0.3) is 0 Å². The second-order valence-electron chi connectivity index (χ2n) is 6.95. The van der Waals surface area contributed by atoms with E-state index in [-0.39, 0.29) is 24.9 Å². The van der Waals surface area contributed by atoms with Gasteiger partial charge in [0.2, 0.25) is 0 Å². The van der Waals surface area contributed by atoms with Crippen LogP contribution in [0.25, 0.3) is 0 Å². The van der Waals surface area contributed by atoms with Crippen LogP contribution < -0.4 is 0 Å². The minimum atomic E-state index is -4.04. The number of alkyl halides is 3. The van der Waals surface area contributed by atoms with E-state index in [0.717, 1.165) is 25.8 Å². The molecule has 1 N–H and O–H groups in total. The summed E-state index contributed by atoms with van der Waals surface area (Å²) in [4.78, 5) is 2.14. The predicted octanol–water partition coefficient (Wildman–Crippen LogP) is 3.45. The lowest BCUT2D eigenvalue weighted by Gasteiger charge is -2.44. The average molecular weight is 293 g/mol. The number of rotatable bonds is 3. The van der Waals surface area contributed by atoms with Crippen LogP contribution in [0, 0.1) is 17.3 Å². The Bertz CT molecular complexity index is 313. The van der Waals surface area contributed by atoms with Gasteiger partial charge < -0.3 is 10.0 Å². The van der Waals surface area contributed by atoms with Gasteiger partial charge in [-0.2, -0.15) is 13.2 Å². The van der Waals surface area contributed by atoms with Gasteiger partial charge in [0.15, 0.2) is 0 Å². The number of piperidine rings is 1. The highest BCUT2D eigenvalue weighted by Gasteiger charge is 2.42. The smallest absolute Gasteiger partial charge is 0.391 e. The van der Waals surface area contributed by atoms with Gasteiger partial charge in [-0.1, -0.05) is 19.8 Å². The highest BCUT2D eigenvalue weighted by Crippen LogP contribution is 2.41. The third kappa shape index (κ3) is 3.88. The Labute approximate surface area is 119 Å². The molecule has 0 bridgehead atoms. The van der Waals surface area contributed by atoms with Crippen molar-refractivity contribution in [1.29, 1.82) is 0 Å². The molecule has 2 unspecified atom stereocenters. The first-order chi connectivity index (χ1) is 9.35. The van der Waals surface area contributed by atoms with Crippen molar-refractivity contribution in [3.8, 4) is 0 Å². The standard InChI is InChI=1S/C15H26F3NO/c1-12-3-2-6-14(9-12,11-20)10-19-7-4-13(5-8-19)15(16,17)18/h12-13,20H,2-11H2,1H3. The molecule has 1 heterocycles. The molecule has 0 amide bonds. The maximum Gasteiger partial charge on any atom is 0.391 e. The number of aliphatic hydroxyl groups is 1. The summed E-state index contributed by atoms with van der Waals surface area (Å²) in [7, 11) is 0. The van der Waals surface area contributed by atoms with E-state index in [2.05, 4.69) is 11.8 Å². The van der Waals surface area contributed by atoms with E-state index in [1.165, 1.54) is 6.42 Å². The van der Waals surface area contributed by atoms with Crippen molar-refractivity contribution >= 4 is 0 Å². The molecule has 1 saturated carbocycles. The van der Waals surface area contributed by atoms with Crippen LogP contribution in [-0.4, -0.2) is 42.4 Å². The number of hydrogen-bond acceptors (Lipinski definition) is 2. The van der Waals surface area contributed by atoms with E-state index in [4.69, 9.17) is 0 Å². The molecular weight excluding hydrogens is 267 g/mol. The van der Waals surface area contributed by atoms with Crippen LogP contribution in [-0.2, 0) is 0 Å². The molecule has 2 rings (SSSR count). The summed E-state index contributed by atoms with van der Waals surface area (Å²) in [5.41, 5.74) is -0.0806. The lowest BCUT2D eigenvalue weighted by Crippen LogP contribution is -2.47. The number of nitrogens with zero attached hydrogens (tertiary/aromatic N) is 1. The lowest BCUT2D eigenvalue weighted by atomic mass is 9.70. The van der Waals surface area contributed by atoms with Gasteiger partial charge in [0.1, 0.15) is 0 Å². The van der Waals surface area contributed by atoms with Crippen LogP contribution in [0.5, 0.6) is 0 Å². The zero-order chi connectivity index (χ0) is 14.8. The Morgan fingerprint density at radius 1 is 1.20 bits per heavy atom. The van der Waals surface area contributed by atoms with Crippen LogP contribution in [0.15, 0.2) is 0 Å². The monoisotopic (exact) mass is 293 g/mol. The molecule has 1 aliphatic heterocycles. The van der Waals surface area contributed by atoms with Gasteiger partial charge in [-0.15, -0.1) is 0 Å². The minimum absolute atomic E-state index is 0.0806. The molecule has 2 fully saturated rings. The highest BCUT2D eigenvalue weighted by atomic mass is 19.4. The third-order valence-corrected chi connectivity index (χ3v) is 5.13. The van der Waals surface area contributed by atoms with Gasteiger partial charge in [-0.3, -0.25) is 0 Å². The Hall–Kier alpha value is -0.290. The molecule has 1 saturated heterocycles. The molecule has 118 valence electrons. The topological polar surface area (TPSA) is 23.5 Å². The predicted molar refractivity (Wildman–Crippen MR) is 72.4 cm³/mol. The molecule has 2 nitrogen and oxygen atoms in total. The fourth-order valence-corrected chi connectivity index (χ4v) is 4.00. The molecular formula is C15H26F3NO. The highest BCUT2D eigenvalue weighted by molar-refractivity contribution is 4.89. The van der Waals surface area contributed by atoms with E-state index in [9.17, 15) is 18.3 Å². The van der Waals surface area contributed by atoms with Gasteiger partial charge in [0, 0.05) is 18.6 Å². The molecule has 2 aliphatic rings. The van der Waals surface area contributed by atoms with Crippen LogP contribution in [0.2, 0.25) is 0 Å². The Morgan fingerprint density at radius 2 is 1.85 bits per heavy atom. The normalized spacial score (nSPS) is 34.4. The van der Waals surface area contributed by atoms with Crippen molar-refractivity contribution in [3.63, 3.8) is 0 Å². The molecule has 5 heteroatoms. The summed E-state index contributed by atoms with van der Waals surface area (Å²) in [5, 5.41) is 9.76. The Balaban J connectivity index is 1.87. The van der Waals surface area contributed by atoms with Crippen molar-refractivity contribution in [2.45, 2.75) is 51.6 Å². The van der Waals surface area contributed by atoms with Crippen LogP contribution in [0.3, 0.4) is 0 Å². The van der Waals surface area contributed by atoms with Gasteiger partial charge >= 0.3 is 6.18 Å². The van der Waals surface area contributed by atoms with Gasteiger partial charge in [-0.05, 0) is 44.7 Å². The van der Waals surface area contributed by atoms with Crippen LogP contribution in [0.4, 0.5) is 13.2 Å². The summed E-state index contributed by atoms with van der Waals surface area (Å²) in [6.45, 7) is 4.16. The summed E-state index contributed by atoms with van der Waals surface area (Å²) >= 11 is 0. The van der Waals surface area contributed by atoms with E-state index < -0.39 is 12.1 Å². The zero-order valence-corrected chi connectivity index (χ0v) is 12.3. The first-order valence-corrected chi connectivity index (χ1v) is 7.75. The zero-order valence-electron chi connectivity index (χ0n) is 12.3. The van der Waals surface area contributed by atoms with Crippen LogP contribution in [0.1, 0.15) is 45.4 Å². The minimum Gasteiger partial charge on any atom is -0.396 e. The molecule has 0 aromatic heterocycles. The molecule has 0 spiro atoms. The molecule has 1 aliphatic carbocycles. The summed E-state index contributed by atoms with van der Waals surface area (Å²) < 4.78 is 38.0. The molecule has 0 aromatic rings. The number of aliphatic hydroxyl groups excluding tert-OH is 1. The van der Waals surface area contributed by atoms with Gasteiger partial charge in [0.05, 0.1) is 5.92 Å². The Kier molecular flexibility index (Phi) is 5.00. The van der Waals surface area contributed by atoms with E-state index in [1.54, 1.807) is 0 Å². The van der Waals surface area contributed by atoms with E-state index >= 15 is 0 Å². The number of likely N-dealkylation sites (tertiary alicyclic amines) is 1.